The average molecular weight is 193 g/mol. The van der Waals surface area contributed by atoms with Crippen LogP contribution in [0.1, 0.15) is 30.9 Å². The molecule has 0 radical (unpaired) electrons. The molecule has 1 atom stereocenters. The van der Waals surface area contributed by atoms with E-state index in [2.05, 4.69) is 4.98 Å². The van der Waals surface area contributed by atoms with Crippen molar-refractivity contribution in [1.29, 1.82) is 0 Å². The Labute approximate surface area is 83.7 Å². The number of aromatic nitrogens is 1. The van der Waals surface area contributed by atoms with Gasteiger partial charge in [-0.2, -0.15) is 0 Å². The minimum absolute atomic E-state index is 0.387. The van der Waals surface area contributed by atoms with E-state index in [4.69, 9.17) is 4.74 Å². The van der Waals surface area contributed by atoms with Crippen LogP contribution in [0.3, 0.4) is 0 Å². The summed E-state index contributed by atoms with van der Waals surface area (Å²) in [4.78, 5) is 3.97. The lowest BCUT2D eigenvalue weighted by atomic mass is 9.79. The number of aliphatic hydroxyl groups excluding tert-OH is 1. The third-order valence-electron chi connectivity index (χ3n) is 2.95. The molecule has 14 heavy (non-hydrogen) atoms. The van der Waals surface area contributed by atoms with E-state index in [1.54, 1.807) is 19.5 Å². The summed E-state index contributed by atoms with van der Waals surface area (Å²) in [6.07, 6.45) is 6.42. The quantitative estimate of drug-likeness (QED) is 0.797. The predicted octanol–water partition coefficient (Wildman–Crippen LogP) is 1.92. The van der Waals surface area contributed by atoms with Gasteiger partial charge in [0.2, 0.25) is 0 Å². The molecular weight excluding hydrogens is 178 g/mol. The van der Waals surface area contributed by atoms with Crippen LogP contribution in [0.15, 0.2) is 18.5 Å². The molecular formula is C11H15NO2. The van der Waals surface area contributed by atoms with E-state index in [1.807, 2.05) is 6.07 Å². The van der Waals surface area contributed by atoms with Crippen molar-refractivity contribution in [3.63, 3.8) is 0 Å². The number of rotatable bonds is 3. The fourth-order valence-corrected chi connectivity index (χ4v) is 1.82. The predicted molar refractivity (Wildman–Crippen MR) is 53.1 cm³/mol. The maximum Gasteiger partial charge on any atom is 0.142 e. The molecule has 1 heterocycles. The van der Waals surface area contributed by atoms with Crippen molar-refractivity contribution in [2.75, 3.05) is 7.11 Å². The second kappa shape index (κ2) is 3.96. The Morgan fingerprint density at radius 1 is 1.57 bits per heavy atom. The van der Waals surface area contributed by atoms with Gasteiger partial charge >= 0.3 is 0 Å². The van der Waals surface area contributed by atoms with Crippen LogP contribution in [-0.2, 0) is 0 Å². The van der Waals surface area contributed by atoms with Crippen LogP contribution in [0, 0.1) is 5.92 Å². The molecule has 1 aliphatic carbocycles. The summed E-state index contributed by atoms with van der Waals surface area (Å²) in [5, 5.41) is 10.0. The van der Waals surface area contributed by atoms with E-state index < -0.39 is 0 Å². The highest BCUT2D eigenvalue weighted by molar-refractivity contribution is 5.32. The Hall–Kier alpha value is -1.09. The SMILES string of the molecule is COc1cnccc1C(O)C1CCC1. The Kier molecular flexibility index (Phi) is 2.68. The van der Waals surface area contributed by atoms with Crippen molar-refractivity contribution < 1.29 is 9.84 Å². The first kappa shape index (κ1) is 9.46. The fourth-order valence-electron chi connectivity index (χ4n) is 1.82. The van der Waals surface area contributed by atoms with Gasteiger partial charge < -0.3 is 9.84 Å². The van der Waals surface area contributed by atoms with E-state index in [0.717, 1.165) is 18.4 Å². The van der Waals surface area contributed by atoms with Gasteiger partial charge in [-0.15, -0.1) is 0 Å². The van der Waals surface area contributed by atoms with Crippen molar-refractivity contribution in [3.05, 3.63) is 24.0 Å². The van der Waals surface area contributed by atoms with Gasteiger partial charge in [-0.1, -0.05) is 6.42 Å². The number of hydrogen-bond acceptors (Lipinski definition) is 3. The number of aliphatic hydroxyl groups is 1. The molecule has 0 spiro atoms. The first-order chi connectivity index (χ1) is 6.83. The van der Waals surface area contributed by atoms with E-state index in [1.165, 1.54) is 6.42 Å². The zero-order valence-electron chi connectivity index (χ0n) is 8.31. The molecule has 1 aromatic rings. The van der Waals surface area contributed by atoms with Gasteiger partial charge in [0.15, 0.2) is 0 Å². The van der Waals surface area contributed by atoms with Gasteiger partial charge in [0.1, 0.15) is 5.75 Å². The highest BCUT2D eigenvalue weighted by Gasteiger charge is 2.28. The lowest BCUT2D eigenvalue weighted by molar-refractivity contribution is 0.0599. The molecule has 1 saturated carbocycles. The molecule has 0 saturated heterocycles. The Morgan fingerprint density at radius 2 is 2.36 bits per heavy atom. The van der Waals surface area contributed by atoms with E-state index >= 15 is 0 Å². The molecule has 1 fully saturated rings. The van der Waals surface area contributed by atoms with Crippen LogP contribution in [-0.4, -0.2) is 17.2 Å². The van der Waals surface area contributed by atoms with Crippen LogP contribution >= 0.6 is 0 Å². The first-order valence-corrected chi connectivity index (χ1v) is 4.99. The topological polar surface area (TPSA) is 42.4 Å². The van der Waals surface area contributed by atoms with Crippen molar-refractivity contribution in [2.45, 2.75) is 25.4 Å². The molecule has 0 amide bonds. The second-order valence-electron chi connectivity index (χ2n) is 3.75. The van der Waals surface area contributed by atoms with Crippen molar-refractivity contribution in [2.24, 2.45) is 5.92 Å². The van der Waals surface area contributed by atoms with Crippen LogP contribution in [0.5, 0.6) is 5.75 Å². The molecule has 3 nitrogen and oxygen atoms in total. The largest absolute Gasteiger partial charge is 0.495 e. The van der Waals surface area contributed by atoms with Crippen LogP contribution in [0.2, 0.25) is 0 Å². The van der Waals surface area contributed by atoms with Gasteiger partial charge in [0.05, 0.1) is 19.4 Å². The molecule has 0 aromatic carbocycles. The molecule has 76 valence electrons. The Morgan fingerprint density at radius 3 is 2.93 bits per heavy atom. The van der Waals surface area contributed by atoms with E-state index in [9.17, 15) is 5.11 Å². The third-order valence-corrected chi connectivity index (χ3v) is 2.95. The summed E-state index contributed by atoms with van der Waals surface area (Å²) in [6.45, 7) is 0. The van der Waals surface area contributed by atoms with Gasteiger partial charge in [-0.05, 0) is 24.8 Å². The van der Waals surface area contributed by atoms with Crippen molar-refractivity contribution in [1.82, 2.24) is 4.98 Å². The van der Waals surface area contributed by atoms with Gasteiger partial charge in [0.25, 0.3) is 0 Å². The molecule has 1 aromatic heterocycles. The number of ether oxygens (including phenoxy) is 1. The van der Waals surface area contributed by atoms with Gasteiger partial charge in [0, 0.05) is 11.8 Å². The van der Waals surface area contributed by atoms with Crippen molar-refractivity contribution >= 4 is 0 Å². The zero-order chi connectivity index (χ0) is 9.97. The molecule has 1 N–H and O–H groups in total. The van der Waals surface area contributed by atoms with Crippen LogP contribution in [0.25, 0.3) is 0 Å². The van der Waals surface area contributed by atoms with Gasteiger partial charge in [-0.25, -0.2) is 0 Å². The average Bonchev–Trinajstić information content (AvgIpc) is 2.15. The highest BCUT2D eigenvalue weighted by atomic mass is 16.5. The van der Waals surface area contributed by atoms with Crippen LogP contribution < -0.4 is 4.74 Å². The summed E-state index contributed by atoms with van der Waals surface area (Å²) in [6, 6.07) is 1.84. The van der Waals surface area contributed by atoms with E-state index in [-0.39, 0.29) is 6.10 Å². The minimum atomic E-state index is -0.387. The maximum atomic E-state index is 10.0. The summed E-state index contributed by atoms with van der Waals surface area (Å²) in [5.41, 5.74) is 0.868. The maximum absolute atomic E-state index is 10.0. The highest BCUT2D eigenvalue weighted by Crippen LogP contribution is 2.39. The first-order valence-electron chi connectivity index (χ1n) is 4.99. The molecule has 0 bridgehead atoms. The number of methoxy groups -OCH3 is 1. The minimum Gasteiger partial charge on any atom is -0.495 e. The van der Waals surface area contributed by atoms with Crippen LogP contribution in [0.4, 0.5) is 0 Å². The zero-order valence-corrected chi connectivity index (χ0v) is 8.31. The summed E-state index contributed by atoms with van der Waals surface area (Å²) in [5.74, 6) is 1.10. The normalized spacial score (nSPS) is 18.7. The summed E-state index contributed by atoms with van der Waals surface area (Å²) < 4.78 is 5.16. The fraction of sp³-hybridized carbons (Fsp3) is 0.545. The summed E-state index contributed by atoms with van der Waals surface area (Å²) in [7, 11) is 1.61. The molecule has 3 heteroatoms. The van der Waals surface area contributed by atoms with Gasteiger partial charge in [-0.3, -0.25) is 4.98 Å². The second-order valence-corrected chi connectivity index (χ2v) is 3.75. The van der Waals surface area contributed by atoms with Crippen molar-refractivity contribution in [3.8, 4) is 5.75 Å². The lowest BCUT2D eigenvalue weighted by Gasteiger charge is -2.30. The molecule has 1 aliphatic rings. The molecule has 0 aliphatic heterocycles. The number of nitrogens with zero attached hydrogens (tertiary/aromatic N) is 1. The van der Waals surface area contributed by atoms with E-state index in [0.29, 0.717) is 11.7 Å². The third kappa shape index (κ3) is 1.60. The smallest absolute Gasteiger partial charge is 0.142 e. The molecule has 1 unspecified atom stereocenters. The Balaban J connectivity index is 2.20. The standard InChI is InChI=1S/C11H15NO2/c1-14-10-7-12-6-5-9(10)11(13)8-3-2-4-8/h5-8,11,13H,2-4H2,1H3. The molecule has 2 rings (SSSR count). The lowest BCUT2D eigenvalue weighted by Crippen LogP contribution is -2.20. The summed E-state index contributed by atoms with van der Waals surface area (Å²) >= 11 is 0. The Bertz CT molecular complexity index is 310. The number of pyridine rings is 1. The monoisotopic (exact) mass is 193 g/mol. The number of hydrogen-bond donors (Lipinski definition) is 1.